The van der Waals surface area contributed by atoms with Gasteiger partial charge in [0.15, 0.2) is 0 Å². The van der Waals surface area contributed by atoms with Gasteiger partial charge in [0.2, 0.25) is 0 Å². The number of aromatic hydroxyl groups is 1. The van der Waals surface area contributed by atoms with Gasteiger partial charge in [-0.3, -0.25) is 4.79 Å². The summed E-state index contributed by atoms with van der Waals surface area (Å²) >= 11 is 0. The summed E-state index contributed by atoms with van der Waals surface area (Å²) in [6, 6.07) is 3.66. The van der Waals surface area contributed by atoms with Crippen LogP contribution in [0.2, 0.25) is 0 Å². The molecule has 0 unspecified atom stereocenters. The van der Waals surface area contributed by atoms with Crippen LogP contribution in [-0.2, 0) is 12.8 Å². The van der Waals surface area contributed by atoms with Crippen LogP contribution >= 0.6 is 0 Å². The van der Waals surface area contributed by atoms with Crippen molar-refractivity contribution in [1.82, 2.24) is 0 Å². The topological polar surface area (TPSA) is 63.3 Å². The summed E-state index contributed by atoms with van der Waals surface area (Å²) in [5.74, 6) is -0.512. The fraction of sp³-hybridized carbons (Fsp3) is 0.462. The van der Waals surface area contributed by atoms with Crippen LogP contribution in [0.25, 0.3) is 0 Å². The van der Waals surface area contributed by atoms with Crippen molar-refractivity contribution in [2.75, 3.05) is 0 Å². The largest absolute Gasteiger partial charge is 0.507 e. The molecule has 1 aromatic carbocycles. The molecule has 0 bridgehead atoms. The smallest absolute Gasteiger partial charge is 0.252 e. The fourth-order valence-corrected chi connectivity index (χ4v) is 1.84. The fourth-order valence-electron chi connectivity index (χ4n) is 1.84. The summed E-state index contributed by atoms with van der Waals surface area (Å²) in [7, 11) is 0. The number of hydrogen-bond acceptors (Lipinski definition) is 2. The normalized spacial score (nSPS) is 10.4. The van der Waals surface area contributed by atoms with Crippen molar-refractivity contribution in [1.29, 1.82) is 0 Å². The first-order valence-electron chi connectivity index (χ1n) is 5.74. The molecular formula is C13H19NO2. The minimum atomic E-state index is -0.562. The van der Waals surface area contributed by atoms with E-state index in [1.54, 1.807) is 6.07 Å². The number of carbonyl (C=O) groups excluding carboxylic acids is 1. The molecule has 0 heterocycles. The van der Waals surface area contributed by atoms with E-state index >= 15 is 0 Å². The molecule has 0 saturated heterocycles. The SMILES string of the molecule is CCCc1cc(CCC)c(O)c(C(N)=O)c1. The van der Waals surface area contributed by atoms with Crippen molar-refractivity contribution < 1.29 is 9.90 Å². The molecule has 3 N–H and O–H groups in total. The van der Waals surface area contributed by atoms with E-state index in [9.17, 15) is 9.90 Å². The van der Waals surface area contributed by atoms with E-state index in [-0.39, 0.29) is 11.3 Å². The van der Waals surface area contributed by atoms with Gasteiger partial charge in [-0.1, -0.05) is 32.8 Å². The van der Waals surface area contributed by atoms with E-state index in [0.29, 0.717) is 0 Å². The maximum atomic E-state index is 11.2. The van der Waals surface area contributed by atoms with Gasteiger partial charge in [-0.2, -0.15) is 0 Å². The van der Waals surface area contributed by atoms with Gasteiger partial charge in [-0.25, -0.2) is 0 Å². The minimum absolute atomic E-state index is 0.0502. The average molecular weight is 221 g/mol. The number of carbonyl (C=O) groups is 1. The Balaban J connectivity index is 3.21. The van der Waals surface area contributed by atoms with Crippen LogP contribution in [0.5, 0.6) is 5.75 Å². The molecule has 0 aromatic heterocycles. The van der Waals surface area contributed by atoms with Crippen molar-refractivity contribution in [3.63, 3.8) is 0 Å². The standard InChI is InChI=1S/C13H19NO2/c1-3-5-9-7-10(6-4-2)12(15)11(8-9)13(14)16/h7-8,15H,3-6H2,1-2H3,(H2,14,16). The molecule has 0 spiro atoms. The zero-order chi connectivity index (χ0) is 12.1. The highest BCUT2D eigenvalue weighted by Gasteiger charge is 2.13. The first kappa shape index (κ1) is 12.6. The summed E-state index contributed by atoms with van der Waals surface area (Å²) < 4.78 is 0. The molecule has 1 aromatic rings. The van der Waals surface area contributed by atoms with Crippen molar-refractivity contribution in [3.8, 4) is 5.75 Å². The molecule has 0 aliphatic carbocycles. The van der Waals surface area contributed by atoms with E-state index in [2.05, 4.69) is 6.92 Å². The van der Waals surface area contributed by atoms with Crippen molar-refractivity contribution in [3.05, 3.63) is 28.8 Å². The van der Waals surface area contributed by atoms with E-state index in [1.165, 1.54) is 0 Å². The third-order valence-electron chi connectivity index (χ3n) is 2.57. The lowest BCUT2D eigenvalue weighted by Gasteiger charge is -2.10. The third kappa shape index (κ3) is 2.75. The summed E-state index contributed by atoms with van der Waals surface area (Å²) in [6.07, 6.45) is 3.61. The van der Waals surface area contributed by atoms with Crippen LogP contribution in [0, 0.1) is 0 Å². The number of rotatable bonds is 5. The Morgan fingerprint density at radius 3 is 2.38 bits per heavy atom. The summed E-state index contributed by atoms with van der Waals surface area (Å²) in [4.78, 5) is 11.2. The molecule has 0 atom stereocenters. The number of amides is 1. The molecule has 16 heavy (non-hydrogen) atoms. The van der Waals surface area contributed by atoms with Gasteiger partial charge in [0.05, 0.1) is 5.56 Å². The zero-order valence-corrected chi connectivity index (χ0v) is 9.92. The molecule has 3 heteroatoms. The van der Waals surface area contributed by atoms with E-state index < -0.39 is 5.91 Å². The lowest BCUT2D eigenvalue weighted by molar-refractivity contribution is 0.0997. The first-order valence-corrected chi connectivity index (χ1v) is 5.74. The number of nitrogens with two attached hydrogens (primary N) is 1. The highest BCUT2D eigenvalue weighted by atomic mass is 16.3. The van der Waals surface area contributed by atoms with Crippen LogP contribution in [-0.4, -0.2) is 11.0 Å². The Labute approximate surface area is 96.3 Å². The molecule has 0 fully saturated rings. The summed E-state index contributed by atoms with van der Waals surface area (Å²) in [5, 5.41) is 9.88. The van der Waals surface area contributed by atoms with Crippen LogP contribution in [0.1, 0.15) is 48.2 Å². The Bertz CT molecular complexity index is 386. The van der Waals surface area contributed by atoms with Gasteiger partial charge in [0.25, 0.3) is 5.91 Å². The lowest BCUT2D eigenvalue weighted by atomic mass is 9.98. The second kappa shape index (κ2) is 5.54. The van der Waals surface area contributed by atoms with Gasteiger partial charge in [-0.15, -0.1) is 0 Å². The summed E-state index contributed by atoms with van der Waals surface area (Å²) in [6.45, 7) is 4.12. The Kier molecular flexibility index (Phi) is 4.35. The van der Waals surface area contributed by atoms with Gasteiger partial charge in [0, 0.05) is 0 Å². The molecule has 1 rings (SSSR count). The van der Waals surface area contributed by atoms with Gasteiger partial charge >= 0.3 is 0 Å². The van der Waals surface area contributed by atoms with Crippen LogP contribution in [0.4, 0.5) is 0 Å². The Hall–Kier alpha value is -1.51. The van der Waals surface area contributed by atoms with Crippen LogP contribution < -0.4 is 5.73 Å². The molecular weight excluding hydrogens is 202 g/mol. The molecule has 0 aliphatic rings. The Morgan fingerprint density at radius 1 is 1.25 bits per heavy atom. The molecule has 0 saturated carbocycles. The first-order chi connectivity index (χ1) is 7.60. The number of hydrogen-bond donors (Lipinski definition) is 2. The number of aryl methyl sites for hydroxylation is 2. The van der Waals surface area contributed by atoms with Gasteiger partial charge in [-0.05, 0) is 30.0 Å². The number of primary amides is 1. The van der Waals surface area contributed by atoms with E-state index in [0.717, 1.165) is 36.8 Å². The van der Waals surface area contributed by atoms with E-state index in [1.807, 2.05) is 13.0 Å². The maximum absolute atomic E-state index is 11.2. The molecule has 0 radical (unpaired) electrons. The monoisotopic (exact) mass is 221 g/mol. The predicted molar refractivity (Wildman–Crippen MR) is 64.6 cm³/mol. The molecule has 1 amide bonds. The minimum Gasteiger partial charge on any atom is -0.507 e. The maximum Gasteiger partial charge on any atom is 0.252 e. The third-order valence-corrected chi connectivity index (χ3v) is 2.57. The average Bonchev–Trinajstić information content (AvgIpc) is 2.23. The number of phenols is 1. The molecule has 88 valence electrons. The molecule has 0 aliphatic heterocycles. The van der Waals surface area contributed by atoms with Crippen molar-refractivity contribution in [2.24, 2.45) is 5.73 Å². The van der Waals surface area contributed by atoms with Gasteiger partial charge in [0.1, 0.15) is 5.75 Å². The second-order valence-corrected chi connectivity index (χ2v) is 4.02. The predicted octanol–water partition coefficient (Wildman–Crippen LogP) is 2.40. The van der Waals surface area contributed by atoms with Crippen LogP contribution in [0.3, 0.4) is 0 Å². The van der Waals surface area contributed by atoms with E-state index in [4.69, 9.17) is 5.73 Å². The van der Waals surface area contributed by atoms with Crippen LogP contribution in [0.15, 0.2) is 12.1 Å². The second-order valence-electron chi connectivity index (χ2n) is 4.02. The quantitative estimate of drug-likeness (QED) is 0.801. The van der Waals surface area contributed by atoms with Crippen molar-refractivity contribution >= 4 is 5.91 Å². The Morgan fingerprint density at radius 2 is 1.88 bits per heavy atom. The van der Waals surface area contributed by atoms with Gasteiger partial charge < -0.3 is 10.8 Å². The lowest BCUT2D eigenvalue weighted by Crippen LogP contribution is -2.12. The number of benzene rings is 1. The molecule has 3 nitrogen and oxygen atoms in total. The highest BCUT2D eigenvalue weighted by Crippen LogP contribution is 2.26. The summed E-state index contributed by atoms with van der Waals surface area (Å²) in [5.41, 5.74) is 7.38. The van der Waals surface area contributed by atoms with Crippen molar-refractivity contribution in [2.45, 2.75) is 39.5 Å². The highest BCUT2D eigenvalue weighted by molar-refractivity contribution is 5.96. The zero-order valence-electron chi connectivity index (χ0n) is 9.92.